The normalized spacial score (nSPS) is 12.8. The molecule has 0 saturated carbocycles. The highest BCUT2D eigenvalue weighted by atomic mass is 28.5. The van der Waals surface area contributed by atoms with Gasteiger partial charge in [0.1, 0.15) is 11.5 Å². The standard InChI is InChI=1S/C45H71FO6Si3/c1-10-11-12-20-23-37(2)49-44-33-28-40(36-43(44)46)45(47)50-42-31-26-39(27-32-42)38-24-29-41(30-25-38)48-34-21-18-16-14-13-15-17-19-22-35-54(6,7)52-55(8,9)51-53(3,4)5/h24-33,36-37H,10-23,34-35H2,1-9H3/t37-/m0/s1. The summed E-state index contributed by atoms with van der Waals surface area (Å²) in [6.07, 6.45) is 16.7. The predicted octanol–water partition coefficient (Wildman–Crippen LogP) is 14.1. The summed E-state index contributed by atoms with van der Waals surface area (Å²) in [5.41, 5.74) is 2.18. The van der Waals surface area contributed by atoms with Gasteiger partial charge in [-0.25, -0.2) is 9.18 Å². The lowest BCUT2D eigenvalue weighted by atomic mass is 10.1. The Morgan fingerprint density at radius 2 is 1.20 bits per heavy atom. The molecule has 3 rings (SSSR count). The number of rotatable bonds is 27. The number of carbonyl (C=O) groups excluding carboxylic acids is 1. The van der Waals surface area contributed by atoms with Crippen LogP contribution < -0.4 is 14.2 Å². The molecule has 0 unspecified atom stereocenters. The zero-order valence-corrected chi connectivity index (χ0v) is 38.6. The third kappa shape index (κ3) is 19.3. The lowest BCUT2D eigenvalue weighted by Gasteiger charge is -2.37. The molecule has 3 aromatic rings. The Morgan fingerprint density at radius 3 is 1.76 bits per heavy atom. The number of hydrogen-bond donors (Lipinski definition) is 0. The van der Waals surface area contributed by atoms with Gasteiger partial charge in [0.2, 0.25) is 0 Å². The molecule has 1 atom stereocenters. The van der Waals surface area contributed by atoms with E-state index in [-0.39, 0.29) is 17.4 Å². The van der Waals surface area contributed by atoms with E-state index in [0.29, 0.717) is 5.75 Å². The summed E-state index contributed by atoms with van der Waals surface area (Å²) in [5, 5.41) is 0. The first kappa shape index (κ1) is 46.6. The highest BCUT2D eigenvalue weighted by Gasteiger charge is 2.37. The molecule has 306 valence electrons. The fourth-order valence-corrected chi connectivity index (χ4v) is 20.3. The monoisotopic (exact) mass is 810 g/mol. The fourth-order valence-electron chi connectivity index (χ4n) is 7.04. The highest BCUT2D eigenvalue weighted by Crippen LogP contribution is 2.28. The zero-order valence-electron chi connectivity index (χ0n) is 35.6. The Labute approximate surface area is 336 Å². The first-order chi connectivity index (χ1) is 26.1. The summed E-state index contributed by atoms with van der Waals surface area (Å²) in [5.74, 6) is 0.233. The molecule has 0 aliphatic carbocycles. The van der Waals surface area contributed by atoms with Gasteiger partial charge in [0.05, 0.1) is 18.3 Å². The second-order valence-corrected chi connectivity index (χ2v) is 29.8. The Bertz CT molecular complexity index is 1540. The van der Waals surface area contributed by atoms with Crippen LogP contribution in [-0.2, 0) is 8.23 Å². The fraction of sp³-hybridized carbons (Fsp3) is 0.578. The van der Waals surface area contributed by atoms with Crippen LogP contribution in [0.15, 0.2) is 66.7 Å². The number of hydrogen-bond acceptors (Lipinski definition) is 6. The maximum absolute atomic E-state index is 14.7. The summed E-state index contributed by atoms with van der Waals surface area (Å²) in [6, 6.07) is 20.8. The van der Waals surface area contributed by atoms with Gasteiger partial charge in [0.15, 0.2) is 28.2 Å². The molecule has 0 N–H and O–H groups in total. The van der Waals surface area contributed by atoms with E-state index in [1.165, 1.54) is 82.4 Å². The number of benzene rings is 3. The molecule has 0 spiro atoms. The van der Waals surface area contributed by atoms with Crippen molar-refractivity contribution in [3.8, 4) is 28.4 Å². The lowest BCUT2D eigenvalue weighted by Crippen LogP contribution is -2.51. The maximum Gasteiger partial charge on any atom is 0.343 e. The maximum atomic E-state index is 14.7. The van der Waals surface area contributed by atoms with Crippen molar-refractivity contribution in [2.45, 2.75) is 162 Å². The molecule has 0 bridgehead atoms. The number of ether oxygens (including phenoxy) is 3. The van der Waals surface area contributed by atoms with Gasteiger partial charge in [-0.15, -0.1) is 0 Å². The SMILES string of the molecule is CCCCCC[C@H](C)Oc1ccc(C(=O)Oc2ccc(-c3ccc(OCCCCCCCCCCC[Si](C)(C)O[Si](C)(C)O[Si](C)(C)C)cc3)cc2)cc1F. The Morgan fingerprint density at radius 1 is 0.655 bits per heavy atom. The molecule has 0 radical (unpaired) electrons. The molecular formula is C45H71FO6Si3. The molecule has 55 heavy (non-hydrogen) atoms. The minimum Gasteiger partial charge on any atom is -0.494 e. The van der Waals surface area contributed by atoms with Crippen LogP contribution >= 0.6 is 0 Å². The Hall–Kier alpha value is -2.77. The number of halogens is 1. The van der Waals surface area contributed by atoms with Gasteiger partial charge in [-0.05, 0) is 132 Å². The topological polar surface area (TPSA) is 63.2 Å². The van der Waals surface area contributed by atoms with Crippen LogP contribution in [0.4, 0.5) is 4.39 Å². The quantitative estimate of drug-likeness (QED) is 0.0331. The largest absolute Gasteiger partial charge is 0.494 e. The van der Waals surface area contributed by atoms with Crippen molar-refractivity contribution in [3.05, 3.63) is 78.1 Å². The Kier molecular flexibility index (Phi) is 19.9. The molecular weight excluding hydrogens is 740 g/mol. The number of unbranched alkanes of at least 4 members (excludes halogenated alkanes) is 11. The average molecular weight is 811 g/mol. The third-order valence-electron chi connectivity index (χ3n) is 9.48. The Balaban J connectivity index is 1.27. The van der Waals surface area contributed by atoms with Crippen LogP contribution in [0, 0.1) is 5.82 Å². The highest BCUT2D eigenvalue weighted by molar-refractivity contribution is 6.87. The van der Waals surface area contributed by atoms with Gasteiger partial charge in [-0.3, -0.25) is 0 Å². The van der Waals surface area contributed by atoms with Crippen molar-refractivity contribution in [3.63, 3.8) is 0 Å². The zero-order chi connectivity index (χ0) is 40.3. The molecule has 0 aliphatic rings. The number of esters is 1. The smallest absolute Gasteiger partial charge is 0.343 e. The van der Waals surface area contributed by atoms with E-state index >= 15 is 0 Å². The molecule has 6 nitrogen and oxygen atoms in total. The van der Waals surface area contributed by atoms with Crippen molar-refractivity contribution in [1.82, 2.24) is 0 Å². The second kappa shape index (κ2) is 23.5. The van der Waals surface area contributed by atoms with Crippen molar-refractivity contribution >= 4 is 31.2 Å². The minimum absolute atomic E-state index is 0.0935. The van der Waals surface area contributed by atoms with Gasteiger partial charge in [-0.1, -0.05) is 102 Å². The van der Waals surface area contributed by atoms with Crippen molar-refractivity contribution in [2.24, 2.45) is 0 Å². The van der Waals surface area contributed by atoms with Crippen molar-refractivity contribution in [2.75, 3.05) is 6.61 Å². The van der Waals surface area contributed by atoms with Crippen molar-refractivity contribution in [1.29, 1.82) is 0 Å². The molecule has 3 aromatic carbocycles. The molecule has 0 fully saturated rings. The van der Waals surface area contributed by atoms with E-state index in [4.69, 9.17) is 22.4 Å². The van der Waals surface area contributed by atoms with Crippen molar-refractivity contribution < 1.29 is 31.6 Å². The van der Waals surface area contributed by atoms with Gasteiger partial charge < -0.3 is 22.4 Å². The summed E-state index contributed by atoms with van der Waals surface area (Å²) in [7, 11) is -5.29. The molecule has 10 heteroatoms. The summed E-state index contributed by atoms with van der Waals surface area (Å²) in [6.45, 7) is 20.8. The first-order valence-corrected chi connectivity index (χ1v) is 30.3. The summed E-state index contributed by atoms with van der Waals surface area (Å²) >= 11 is 0. The van der Waals surface area contributed by atoms with E-state index < -0.39 is 37.0 Å². The van der Waals surface area contributed by atoms with Gasteiger partial charge in [0, 0.05) is 0 Å². The van der Waals surface area contributed by atoms with Crippen LogP contribution in [0.5, 0.6) is 17.2 Å². The summed E-state index contributed by atoms with van der Waals surface area (Å²) in [4.78, 5) is 12.7. The van der Waals surface area contributed by atoms with Crippen LogP contribution in [0.2, 0.25) is 51.9 Å². The molecule has 0 aromatic heterocycles. The van der Waals surface area contributed by atoms with E-state index in [1.807, 2.05) is 43.3 Å². The molecule has 0 heterocycles. The first-order valence-electron chi connectivity index (χ1n) is 21.0. The second-order valence-electron chi connectivity index (χ2n) is 17.1. The van der Waals surface area contributed by atoms with E-state index in [1.54, 1.807) is 18.2 Å². The lowest BCUT2D eigenvalue weighted by molar-refractivity contribution is 0.0734. The molecule has 0 saturated heterocycles. The number of carbonyl (C=O) groups is 1. The van der Waals surface area contributed by atoms with Crippen LogP contribution in [0.25, 0.3) is 11.1 Å². The molecule has 0 amide bonds. The van der Waals surface area contributed by atoms with E-state index in [2.05, 4.69) is 52.8 Å². The van der Waals surface area contributed by atoms with Crippen LogP contribution in [0.1, 0.15) is 114 Å². The minimum atomic E-state index is -2.04. The van der Waals surface area contributed by atoms with Crippen LogP contribution in [0.3, 0.4) is 0 Å². The molecule has 0 aliphatic heterocycles. The average Bonchev–Trinajstić information content (AvgIpc) is 3.10. The van der Waals surface area contributed by atoms with E-state index in [9.17, 15) is 9.18 Å². The predicted molar refractivity (Wildman–Crippen MR) is 234 cm³/mol. The van der Waals surface area contributed by atoms with Crippen LogP contribution in [-0.4, -0.2) is 43.9 Å². The van der Waals surface area contributed by atoms with Gasteiger partial charge >= 0.3 is 14.5 Å². The van der Waals surface area contributed by atoms with Gasteiger partial charge in [-0.2, -0.15) is 0 Å². The summed E-state index contributed by atoms with van der Waals surface area (Å²) < 4.78 is 45.1. The van der Waals surface area contributed by atoms with Gasteiger partial charge in [0.25, 0.3) is 0 Å². The van der Waals surface area contributed by atoms with E-state index in [0.717, 1.165) is 49.2 Å². The third-order valence-corrected chi connectivity index (χ3v) is 19.6.